The van der Waals surface area contributed by atoms with Crippen LogP contribution in [0.1, 0.15) is 16.7 Å². The van der Waals surface area contributed by atoms with Crippen LogP contribution in [0.5, 0.6) is 0 Å². The summed E-state index contributed by atoms with van der Waals surface area (Å²) in [4.78, 5) is 17.0. The minimum absolute atomic E-state index is 0.277. The summed E-state index contributed by atoms with van der Waals surface area (Å²) in [7, 11) is 1.36. The van der Waals surface area contributed by atoms with Crippen molar-refractivity contribution in [1.29, 1.82) is 0 Å². The van der Waals surface area contributed by atoms with Gasteiger partial charge in [0.1, 0.15) is 0 Å². The third-order valence-electron chi connectivity index (χ3n) is 3.83. The Hall–Kier alpha value is -3.46. The van der Waals surface area contributed by atoms with Gasteiger partial charge in [0, 0.05) is 11.1 Å². The van der Waals surface area contributed by atoms with Crippen LogP contribution in [0.2, 0.25) is 0 Å². The van der Waals surface area contributed by atoms with Crippen molar-refractivity contribution in [3.63, 3.8) is 0 Å². The molecule has 0 aromatic heterocycles. The molecule has 26 heavy (non-hydrogen) atoms. The van der Waals surface area contributed by atoms with Gasteiger partial charge >= 0.3 is 5.97 Å². The van der Waals surface area contributed by atoms with Crippen LogP contribution in [0, 0.1) is 0 Å². The third-order valence-corrected chi connectivity index (χ3v) is 3.83. The average Bonchev–Trinajstić information content (AvgIpc) is 2.72. The summed E-state index contributed by atoms with van der Waals surface area (Å²) in [5.74, 6) is -0.467. The molecule has 0 heterocycles. The summed E-state index contributed by atoms with van der Waals surface area (Å²) < 4.78 is 4.96. The number of hydrogen-bond acceptors (Lipinski definition) is 3. The number of nitrogens with zero attached hydrogens (tertiary/aromatic N) is 1. The summed E-state index contributed by atoms with van der Waals surface area (Å²) in [6.45, 7) is 0. The molecule has 3 nitrogen and oxygen atoms in total. The number of ether oxygens (including phenoxy) is 1. The standard InChI is InChI=1S/C23H19NO2/c1-26-23(25)22(20-15-9-4-10-16-20)24-21(19-13-7-3-8-14-19)17-18-11-5-2-6-12-18/h2-17H,1H3/b21-17+,24-22?. The minimum Gasteiger partial charge on any atom is -0.464 e. The number of rotatable bonds is 5. The van der Waals surface area contributed by atoms with E-state index >= 15 is 0 Å². The lowest BCUT2D eigenvalue weighted by Gasteiger charge is -2.08. The fraction of sp³-hybridized carbons (Fsp3) is 0.0435. The summed E-state index contributed by atoms with van der Waals surface area (Å²) in [5.41, 5.74) is 3.62. The van der Waals surface area contributed by atoms with E-state index in [9.17, 15) is 4.79 Å². The van der Waals surface area contributed by atoms with Gasteiger partial charge in [-0.1, -0.05) is 91.0 Å². The first-order valence-corrected chi connectivity index (χ1v) is 8.32. The Morgan fingerprint density at radius 3 is 1.81 bits per heavy atom. The number of esters is 1. The summed E-state index contributed by atoms with van der Waals surface area (Å²) in [6.07, 6.45) is 1.96. The van der Waals surface area contributed by atoms with Crippen molar-refractivity contribution in [2.75, 3.05) is 7.11 Å². The molecule has 0 saturated carbocycles. The number of carbonyl (C=O) groups is 1. The molecule has 0 saturated heterocycles. The lowest BCUT2D eigenvalue weighted by atomic mass is 10.1. The maximum atomic E-state index is 12.4. The Morgan fingerprint density at radius 1 is 0.769 bits per heavy atom. The first-order chi connectivity index (χ1) is 12.8. The highest BCUT2D eigenvalue weighted by Gasteiger charge is 2.15. The van der Waals surface area contributed by atoms with Gasteiger partial charge < -0.3 is 4.74 Å². The van der Waals surface area contributed by atoms with Crippen molar-refractivity contribution >= 4 is 23.5 Å². The van der Waals surface area contributed by atoms with Gasteiger partial charge in [-0.2, -0.15) is 0 Å². The quantitative estimate of drug-likeness (QED) is 0.378. The Kier molecular flexibility index (Phi) is 5.73. The summed E-state index contributed by atoms with van der Waals surface area (Å²) in [6, 6.07) is 29.0. The molecule has 0 spiro atoms. The second-order valence-electron chi connectivity index (χ2n) is 5.62. The molecule has 3 aromatic carbocycles. The molecular formula is C23H19NO2. The van der Waals surface area contributed by atoms with E-state index in [0.29, 0.717) is 11.3 Å². The van der Waals surface area contributed by atoms with Crippen molar-refractivity contribution < 1.29 is 9.53 Å². The fourth-order valence-electron chi connectivity index (χ4n) is 2.54. The highest BCUT2D eigenvalue weighted by Crippen LogP contribution is 2.21. The number of methoxy groups -OCH3 is 1. The second kappa shape index (κ2) is 8.58. The maximum absolute atomic E-state index is 12.4. The van der Waals surface area contributed by atoms with E-state index in [2.05, 4.69) is 4.99 Å². The molecule has 0 bridgehead atoms. The molecule has 128 valence electrons. The normalized spacial score (nSPS) is 11.9. The van der Waals surface area contributed by atoms with Crippen molar-refractivity contribution in [3.8, 4) is 0 Å². The zero-order valence-corrected chi connectivity index (χ0v) is 14.5. The van der Waals surface area contributed by atoms with E-state index in [1.807, 2.05) is 97.1 Å². The predicted molar refractivity (Wildman–Crippen MR) is 106 cm³/mol. The largest absolute Gasteiger partial charge is 0.464 e. The van der Waals surface area contributed by atoms with Crippen LogP contribution in [-0.4, -0.2) is 18.8 Å². The SMILES string of the molecule is COC(=O)C(=N/C(=C/c1ccccc1)c1ccccc1)c1ccccc1. The van der Waals surface area contributed by atoms with Gasteiger partial charge in [0.15, 0.2) is 5.71 Å². The van der Waals surface area contributed by atoms with Gasteiger partial charge in [-0.15, -0.1) is 0 Å². The molecule has 3 heteroatoms. The van der Waals surface area contributed by atoms with E-state index in [1.165, 1.54) is 7.11 Å². The molecule has 0 unspecified atom stereocenters. The van der Waals surface area contributed by atoms with Crippen LogP contribution < -0.4 is 0 Å². The molecule has 0 N–H and O–H groups in total. The van der Waals surface area contributed by atoms with Crippen LogP contribution in [0.25, 0.3) is 11.8 Å². The van der Waals surface area contributed by atoms with Gasteiger partial charge in [0.2, 0.25) is 0 Å². The van der Waals surface area contributed by atoms with Crippen molar-refractivity contribution in [2.24, 2.45) is 4.99 Å². The summed E-state index contributed by atoms with van der Waals surface area (Å²) in [5, 5.41) is 0. The van der Waals surface area contributed by atoms with Crippen LogP contribution in [0.3, 0.4) is 0 Å². The molecule has 3 rings (SSSR count). The lowest BCUT2D eigenvalue weighted by molar-refractivity contribution is -0.132. The van der Waals surface area contributed by atoms with E-state index in [1.54, 1.807) is 0 Å². The molecule has 0 aliphatic heterocycles. The molecule has 0 aliphatic carbocycles. The molecule has 0 radical (unpaired) electrons. The van der Waals surface area contributed by atoms with Gasteiger partial charge in [-0.05, 0) is 11.6 Å². The maximum Gasteiger partial charge on any atom is 0.357 e. The average molecular weight is 341 g/mol. The number of hydrogen-bond donors (Lipinski definition) is 0. The predicted octanol–water partition coefficient (Wildman–Crippen LogP) is 4.85. The van der Waals surface area contributed by atoms with E-state index in [0.717, 1.165) is 11.1 Å². The highest BCUT2D eigenvalue weighted by atomic mass is 16.5. The Labute approximate surface area is 153 Å². The monoisotopic (exact) mass is 341 g/mol. The first kappa shape index (κ1) is 17.4. The third kappa shape index (κ3) is 4.33. The zero-order valence-electron chi connectivity index (χ0n) is 14.5. The topological polar surface area (TPSA) is 38.7 Å². The van der Waals surface area contributed by atoms with Gasteiger partial charge in [0.25, 0.3) is 0 Å². The lowest BCUT2D eigenvalue weighted by Crippen LogP contribution is -2.17. The van der Waals surface area contributed by atoms with Crippen molar-refractivity contribution in [1.82, 2.24) is 0 Å². The van der Waals surface area contributed by atoms with E-state index in [-0.39, 0.29) is 5.71 Å². The van der Waals surface area contributed by atoms with Gasteiger partial charge in [0.05, 0.1) is 12.8 Å². The minimum atomic E-state index is -0.467. The molecule has 3 aromatic rings. The Morgan fingerprint density at radius 2 is 1.27 bits per heavy atom. The smallest absolute Gasteiger partial charge is 0.357 e. The summed E-state index contributed by atoms with van der Waals surface area (Å²) >= 11 is 0. The number of benzene rings is 3. The van der Waals surface area contributed by atoms with Crippen LogP contribution in [-0.2, 0) is 9.53 Å². The molecule has 0 aliphatic rings. The first-order valence-electron chi connectivity index (χ1n) is 8.32. The van der Waals surface area contributed by atoms with Crippen LogP contribution in [0.15, 0.2) is 96.0 Å². The molecule has 0 amide bonds. The van der Waals surface area contributed by atoms with Crippen LogP contribution >= 0.6 is 0 Å². The van der Waals surface area contributed by atoms with Crippen LogP contribution in [0.4, 0.5) is 0 Å². The second-order valence-corrected chi connectivity index (χ2v) is 5.62. The van der Waals surface area contributed by atoms with Gasteiger partial charge in [-0.25, -0.2) is 9.79 Å². The molecular weight excluding hydrogens is 322 g/mol. The molecule has 0 atom stereocenters. The highest BCUT2D eigenvalue weighted by molar-refractivity contribution is 6.44. The zero-order chi connectivity index (χ0) is 18.2. The van der Waals surface area contributed by atoms with E-state index in [4.69, 9.17) is 4.74 Å². The van der Waals surface area contributed by atoms with Crippen molar-refractivity contribution in [3.05, 3.63) is 108 Å². The fourth-order valence-corrected chi connectivity index (χ4v) is 2.54. The molecule has 0 fully saturated rings. The number of aliphatic imine (C=N–C) groups is 1. The number of carbonyl (C=O) groups excluding carboxylic acids is 1. The van der Waals surface area contributed by atoms with Gasteiger partial charge in [-0.3, -0.25) is 0 Å². The van der Waals surface area contributed by atoms with Crippen molar-refractivity contribution in [2.45, 2.75) is 0 Å². The Bertz CT molecular complexity index is 914. The Balaban J connectivity index is 2.15. The van der Waals surface area contributed by atoms with E-state index < -0.39 is 5.97 Å².